The normalized spacial score (nSPS) is 15.8. The number of aliphatic hydroxyl groups excluding tert-OH is 1. The summed E-state index contributed by atoms with van der Waals surface area (Å²) < 4.78 is 11.2. The maximum absolute atomic E-state index is 10.3. The van der Waals surface area contributed by atoms with Crippen LogP contribution in [0.4, 0.5) is 5.13 Å². The standard InChI is InChI=1S/C13H14N2O3S/c14-13-15-7-11(19-13)12(16)8-2-3-9-10(6-8)18-5-1-4-17-9/h2-3,6-7,12,16H,1,4-5H2,(H2,14,15). The molecule has 0 saturated heterocycles. The van der Waals surface area contributed by atoms with Crippen molar-refractivity contribution in [2.75, 3.05) is 18.9 Å². The van der Waals surface area contributed by atoms with Gasteiger partial charge in [0.15, 0.2) is 16.6 Å². The number of aromatic nitrogens is 1. The van der Waals surface area contributed by atoms with Crippen LogP contribution >= 0.6 is 11.3 Å². The number of ether oxygens (including phenoxy) is 2. The number of nitrogens with zero attached hydrogens (tertiary/aromatic N) is 1. The summed E-state index contributed by atoms with van der Waals surface area (Å²) in [7, 11) is 0. The molecule has 1 aliphatic rings. The quantitative estimate of drug-likeness (QED) is 0.878. The van der Waals surface area contributed by atoms with E-state index in [4.69, 9.17) is 15.2 Å². The van der Waals surface area contributed by atoms with Crippen LogP contribution in [0, 0.1) is 0 Å². The molecule has 1 aliphatic heterocycles. The zero-order chi connectivity index (χ0) is 13.2. The summed E-state index contributed by atoms with van der Waals surface area (Å²) in [4.78, 5) is 4.66. The number of thiazole rings is 1. The highest BCUT2D eigenvalue weighted by atomic mass is 32.1. The van der Waals surface area contributed by atoms with Crippen LogP contribution in [0.25, 0.3) is 0 Å². The molecular formula is C13H14N2O3S. The lowest BCUT2D eigenvalue weighted by Crippen LogP contribution is -1.99. The van der Waals surface area contributed by atoms with Crippen LogP contribution in [-0.2, 0) is 0 Å². The van der Waals surface area contributed by atoms with Crippen LogP contribution in [0.15, 0.2) is 24.4 Å². The molecule has 2 heterocycles. The van der Waals surface area contributed by atoms with Gasteiger partial charge in [0.2, 0.25) is 0 Å². The number of benzene rings is 1. The fourth-order valence-electron chi connectivity index (χ4n) is 1.94. The Bertz CT molecular complexity index is 585. The number of hydrogen-bond acceptors (Lipinski definition) is 6. The Morgan fingerprint density at radius 3 is 2.79 bits per heavy atom. The number of hydrogen-bond donors (Lipinski definition) is 2. The fourth-order valence-corrected chi connectivity index (χ4v) is 2.64. The van der Waals surface area contributed by atoms with Crippen molar-refractivity contribution in [2.45, 2.75) is 12.5 Å². The molecule has 1 unspecified atom stereocenters. The van der Waals surface area contributed by atoms with Gasteiger partial charge in [0.1, 0.15) is 6.10 Å². The summed E-state index contributed by atoms with van der Waals surface area (Å²) in [6.07, 6.45) is 1.71. The Morgan fingerprint density at radius 1 is 1.26 bits per heavy atom. The van der Waals surface area contributed by atoms with E-state index in [1.54, 1.807) is 12.3 Å². The largest absolute Gasteiger partial charge is 0.490 e. The van der Waals surface area contributed by atoms with E-state index in [-0.39, 0.29) is 0 Å². The van der Waals surface area contributed by atoms with E-state index in [0.717, 1.165) is 17.7 Å². The monoisotopic (exact) mass is 278 g/mol. The van der Waals surface area contributed by atoms with Gasteiger partial charge in [-0.3, -0.25) is 0 Å². The van der Waals surface area contributed by atoms with Crippen molar-refractivity contribution >= 4 is 16.5 Å². The Morgan fingerprint density at radius 2 is 2.05 bits per heavy atom. The van der Waals surface area contributed by atoms with Crippen LogP contribution < -0.4 is 15.2 Å². The van der Waals surface area contributed by atoms with Gasteiger partial charge in [-0.05, 0) is 17.7 Å². The summed E-state index contributed by atoms with van der Waals surface area (Å²) in [5.74, 6) is 1.39. The second-order valence-corrected chi connectivity index (χ2v) is 5.35. The fraction of sp³-hybridized carbons (Fsp3) is 0.308. The highest BCUT2D eigenvalue weighted by Crippen LogP contribution is 2.35. The minimum Gasteiger partial charge on any atom is -0.490 e. The van der Waals surface area contributed by atoms with E-state index in [9.17, 15) is 5.11 Å². The van der Waals surface area contributed by atoms with Gasteiger partial charge in [-0.15, -0.1) is 0 Å². The molecule has 2 aromatic rings. The van der Waals surface area contributed by atoms with E-state index in [1.807, 2.05) is 12.1 Å². The molecule has 100 valence electrons. The first-order valence-electron chi connectivity index (χ1n) is 6.03. The molecule has 0 fully saturated rings. The van der Waals surface area contributed by atoms with Crippen molar-refractivity contribution in [1.82, 2.24) is 4.98 Å². The Balaban J connectivity index is 1.91. The number of nitrogen functional groups attached to an aromatic ring is 1. The zero-order valence-electron chi connectivity index (χ0n) is 10.2. The number of aliphatic hydroxyl groups is 1. The van der Waals surface area contributed by atoms with E-state index in [0.29, 0.717) is 29.0 Å². The molecule has 19 heavy (non-hydrogen) atoms. The molecule has 0 amide bonds. The van der Waals surface area contributed by atoms with Crippen molar-refractivity contribution < 1.29 is 14.6 Å². The second kappa shape index (κ2) is 5.07. The first kappa shape index (κ1) is 12.3. The minimum atomic E-state index is -0.744. The van der Waals surface area contributed by atoms with Crippen LogP contribution in [0.3, 0.4) is 0 Å². The second-order valence-electron chi connectivity index (χ2n) is 4.26. The summed E-state index contributed by atoms with van der Waals surface area (Å²) in [6, 6.07) is 5.46. The van der Waals surface area contributed by atoms with Gasteiger partial charge in [-0.2, -0.15) is 0 Å². The third kappa shape index (κ3) is 2.50. The SMILES string of the molecule is Nc1ncc(C(O)c2ccc3c(c2)OCCCO3)s1. The molecule has 3 N–H and O–H groups in total. The summed E-state index contributed by atoms with van der Waals surface area (Å²) >= 11 is 1.28. The molecule has 6 heteroatoms. The molecule has 1 aromatic carbocycles. The third-order valence-electron chi connectivity index (χ3n) is 2.90. The van der Waals surface area contributed by atoms with Crippen LogP contribution in [0.1, 0.15) is 23.0 Å². The average Bonchev–Trinajstić information content (AvgIpc) is 2.72. The molecule has 0 radical (unpaired) electrons. The zero-order valence-corrected chi connectivity index (χ0v) is 11.0. The molecule has 1 aromatic heterocycles. The smallest absolute Gasteiger partial charge is 0.180 e. The van der Waals surface area contributed by atoms with Crippen LogP contribution in [0.5, 0.6) is 11.5 Å². The highest BCUT2D eigenvalue weighted by molar-refractivity contribution is 7.15. The maximum Gasteiger partial charge on any atom is 0.180 e. The summed E-state index contributed by atoms with van der Waals surface area (Å²) in [5, 5.41) is 10.7. The topological polar surface area (TPSA) is 77.6 Å². The molecule has 1 atom stereocenters. The number of fused-ring (bicyclic) bond motifs is 1. The van der Waals surface area contributed by atoms with E-state index in [1.165, 1.54) is 11.3 Å². The molecule has 0 bridgehead atoms. The van der Waals surface area contributed by atoms with Gasteiger partial charge >= 0.3 is 0 Å². The van der Waals surface area contributed by atoms with Crippen molar-refractivity contribution in [3.8, 4) is 11.5 Å². The molecule has 0 saturated carbocycles. The van der Waals surface area contributed by atoms with E-state index in [2.05, 4.69) is 4.98 Å². The van der Waals surface area contributed by atoms with Gasteiger partial charge in [-0.1, -0.05) is 17.4 Å². The molecule has 0 spiro atoms. The summed E-state index contributed by atoms with van der Waals surface area (Å²) in [5.41, 5.74) is 6.32. The van der Waals surface area contributed by atoms with Crippen molar-refractivity contribution in [1.29, 1.82) is 0 Å². The maximum atomic E-state index is 10.3. The van der Waals surface area contributed by atoms with Crippen molar-refractivity contribution in [3.05, 3.63) is 34.8 Å². The number of nitrogens with two attached hydrogens (primary N) is 1. The lowest BCUT2D eigenvalue weighted by molar-refractivity contribution is 0.223. The van der Waals surface area contributed by atoms with E-state index >= 15 is 0 Å². The van der Waals surface area contributed by atoms with Crippen LogP contribution in [-0.4, -0.2) is 23.3 Å². The lowest BCUT2D eigenvalue weighted by Gasteiger charge is -2.12. The minimum absolute atomic E-state index is 0.448. The lowest BCUT2D eigenvalue weighted by atomic mass is 10.1. The van der Waals surface area contributed by atoms with Gasteiger partial charge < -0.3 is 20.3 Å². The number of anilines is 1. The average molecular weight is 278 g/mol. The van der Waals surface area contributed by atoms with Gasteiger partial charge in [-0.25, -0.2) is 4.98 Å². The van der Waals surface area contributed by atoms with Gasteiger partial charge in [0.25, 0.3) is 0 Å². The Hall–Kier alpha value is -1.79. The first-order chi connectivity index (χ1) is 9.24. The van der Waals surface area contributed by atoms with Gasteiger partial charge in [0.05, 0.1) is 18.1 Å². The Labute approximate surface area is 114 Å². The first-order valence-corrected chi connectivity index (χ1v) is 6.84. The van der Waals surface area contributed by atoms with Crippen molar-refractivity contribution in [2.24, 2.45) is 0 Å². The van der Waals surface area contributed by atoms with Gasteiger partial charge in [0, 0.05) is 12.6 Å². The van der Waals surface area contributed by atoms with Crippen molar-refractivity contribution in [3.63, 3.8) is 0 Å². The molecular weight excluding hydrogens is 264 g/mol. The predicted molar refractivity (Wildman–Crippen MR) is 72.6 cm³/mol. The Kier molecular flexibility index (Phi) is 3.27. The molecule has 3 rings (SSSR count). The third-order valence-corrected chi connectivity index (χ3v) is 3.78. The number of rotatable bonds is 2. The highest BCUT2D eigenvalue weighted by Gasteiger charge is 2.17. The summed E-state index contributed by atoms with van der Waals surface area (Å²) in [6.45, 7) is 1.28. The predicted octanol–water partition coefficient (Wildman–Crippen LogP) is 1.97. The van der Waals surface area contributed by atoms with Crippen LogP contribution in [0.2, 0.25) is 0 Å². The molecule has 0 aliphatic carbocycles. The molecule has 5 nitrogen and oxygen atoms in total. The van der Waals surface area contributed by atoms with E-state index < -0.39 is 6.10 Å².